The van der Waals surface area contributed by atoms with Crippen LogP contribution in [-0.4, -0.2) is 23.2 Å². The maximum absolute atomic E-state index is 12.3. The Kier molecular flexibility index (Phi) is 4.79. The number of carbonyl (C=O) groups is 1. The van der Waals surface area contributed by atoms with Gasteiger partial charge in [0.2, 0.25) is 17.6 Å². The van der Waals surface area contributed by atoms with Crippen molar-refractivity contribution < 1.29 is 14.1 Å². The minimum atomic E-state index is -0.104. The van der Waals surface area contributed by atoms with Crippen LogP contribution in [0.4, 0.5) is 5.69 Å². The van der Waals surface area contributed by atoms with Crippen molar-refractivity contribution in [3.05, 3.63) is 59.5 Å². The molecule has 0 radical (unpaired) electrons. The highest BCUT2D eigenvalue weighted by Gasteiger charge is 2.09. The van der Waals surface area contributed by atoms with E-state index >= 15 is 0 Å². The van der Waals surface area contributed by atoms with Crippen LogP contribution in [0, 0.1) is 13.8 Å². The molecule has 1 amide bonds. The average Bonchev–Trinajstić information content (AvgIpc) is 3.03. The fourth-order valence-electron chi connectivity index (χ4n) is 2.52. The van der Waals surface area contributed by atoms with Crippen molar-refractivity contribution in [2.75, 3.05) is 12.4 Å². The van der Waals surface area contributed by atoms with Gasteiger partial charge >= 0.3 is 0 Å². The Hall–Kier alpha value is -3.15. The largest absolute Gasteiger partial charge is 0.496 e. The maximum Gasteiger partial charge on any atom is 0.228 e. The number of methoxy groups -OCH3 is 1. The van der Waals surface area contributed by atoms with Crippen molar-refractivity contribution >= 4 is 11.6 Å². The second-order valence-corrected chi connectivity index (χ2v) is 5.75. The van der Waals surface area contributed by atoms with E-state index < -0.39 is 0 Å². The van der Waals surface area contributed by atoms with E-state index in [-0.39, 0.29) is 12.3 Å². The summed E-state index contributed by atoms with van der Waals surface area (Å²) in [5.74, 6) is 1.67. The molecule has 128 valence electrons. The summed E-state index contributed by atoms with van der Waals surface area (Å²) in [6.07, 6.45) is 0.266. The zero-order valence-corrected chi connectivity index (χ0v) is 14.4. The molecule has 6 heteroatoms. The van der Waals surface area contributed by atoms with Gasteiger partial charge in [0.25, 0.3) is 0 Å². The van der Waals surface area contributed by atoms with Crippen LogP contribution < -0.4 is 10.1 Å². The summed E-state index contributed by atoms with van der Waals surface area (Å²) < 4.78 is 10.3. The molecule has 3 rings (SSSR count). The van der Waals surface area contributed by atoms with E-state index in [2.05, 4.69) is 15.5 Å². The average molecular weight is 337 g/mol. The molecule has 0 bridgehead atoms. The second kappa shape index (κ2) is 7.17. The molecule has 1 aromatic heterocycles. The fraction of sp³-hybridized carbons (Fsp3) is 0.211. The third-order valence-corrected chi connectivity index (χ3v) is 3.77. The molecule has 6 nitrogen and oxygen atoms in total. The Labute approximate surface area is 145 Å². The summed E-state index contributed by atoms with van der Waals surface area (Å²) in [6, 6.07) is 13.1. The van der Waals surface area contributed by atoms with Crippen LogP contribution in [0.3, 0.4) is 0 Å². The minimum Gasteiger partial charge on any atom is -0.496 e. The number of aryl methyl sites for hydroxylation is 2. The molecule has 0 aliphatic rings. The van der Waals surface area contributed by atoms with Gasteiger partial charge in [0.1, 0.15) is 5.75 Å². The predicted molar refractivity (Wildman–Crippen MR) is 94.5 cm³/mol. The first-order chi connectivity index (χ1) is 12.0. The molecule has 1 heterocycles. The molecule has 1 N–H and O–H groups in total. The highest BCUT2D eigenvalue weighted by molar-refractivity contribution is 5.92. The van der Waals surface area contributed by atoms with E-state index in [9.17, 15) is 4.79 Å². The smallest absolute Gasteiger partial charge is 0.228 e. The van der Waals surface area contributed by atoms with E-state index in [1.54, 1.807) is 14.0 Å². The van der Waals surface area contributed by atoms with Crippen molar-refractivity contribution in [1.82, 2.24) is 10.1 Å². The van der Waals surface area contributed by atoms with E-state index in [1.165, 1.54) is 0 Å². The van der Waals surface area contributed by atoms with E-state index in [0.29, 0.717) is 17.4 Å². The predicted octanol–water partition coefficient (Wildman–Crippen LogP) is 3.54. The molecule has 0 spiro atoms. The third-order valence-electron chi connectivity index (χ3n) is 3.77. The summed E-state index contributed by atoms with van der Waals surface area (Å²) in [4.78, 5) is 16.5. The number of hydrogen-bond acceptors (Lipinski definition) is 5. The Bertz CT molecular complexity index is 902. The van der Waals surface area contributed by atoms with Crippen molar-refractivity contribution in [2.45, 2.75) is 20.3 Å². The zero-order chi connectivity index (χ0) is 17.8. The monoisotopic (exact) mass is 337 g/mol. The molecule has 25 heavy (non-hydrogen) atoms. The van der Waals surface area contributed by atoms with Gasteiger partial charge in [-0.25, -0.2) is 0 Å². The first-order valence-electron chi connectivity index (χ1n) is 7.89. The Morgan fingerprint density at radius 2 is 2.04 bits per heavy atom. The van der Waals surface area contributed by atoms with Crippen LogP contribution in [0.5, 0.6) is 5.75 Å². The number of ether oxygens (including phenoxy) is 1. The van der Waals surface area contributed by atoms with Gasteiger partial charge < -0.3 is 14.6 Å². The number of rotatable bonds is 5. The Morgan fingerprint density at radius 3 is 2.76 bits per heavy atom. The van der Waals surface area contributed by atoms with Crippen molar-refractivity contribution in [2.24, 2.45) is 0 Å². The number of nitrogens with one attached hydrogen (secondary N) is 1. The number of benzene rings is 2. The van der Waals surface area contributed by atoms with Gasteiger partial charge in [-0.3, -0.25) is 4.79 Å². The summed E-state index contributed by atoms with van der Waals surface area (Å²) in [7, 11) is 1.62. The SMILES string of the molecule is COc1cc(CC(=O)Nc2cccc(-c3noc(C)n3)c2)ccc1C. The van der Waals surface area contributed by atoms with Gasteiger partial charge in [0.05, 0.1) is 13.5 Å². The highest BCUT2D eigenvalue weighted by atomic mass is 16.5. The molecule has 0 saturated heterocycles. The molecular formula is C19H19N3O3. The quantitative estimate of drug-likeness (QED) is 0.770. The zero-order valence-electron chi connectivity index (χ0n) is 14.4. The molecule has 3 aromatic rings. The van der Waals surface area contributed by atoms with Crippen LogP contribution in [0.1, 0.15) is 17.0 Å². The third kappa shape index (κ3) is 4.03. The lowest BCUT2D eigenvalue weighted by molar-refractivity contribution is -0.115. The van der Waals surface area contributed by atoms with Crippen LogP contribution in [0.15, 0.2) is 47.0 Å². The minimum absolute atomic E-state index is 0.104. The molecule has 0 atom stereocenters. The molecular weight excluding hydrogens is 318 g/mol. The van der Waals surface area contributed by atoms with E-state index in [1.807, 2.05) is 49.4 Å². The van der Waals surface area contributed by atoms with E-state index in [0.717, 1.165) is 22.4 Å². The fourth-order valence-corrected chi connectivity index (χ4v) is 2.52. The van der Waals surface area contributed by atoms with Gasteiger partial charge in [-0.05, 0) is 36.2 Å². The summed E-state index contributed by atoms with van der Waals surface area (Å²) in [5, 5.41) is 6.78. The number of anilines is 1. The standard InChI is InChI=1S/C19H19N3O3/c1-12-7-8-14(9-17(12)24-3)10-18(23)21-16-6-4-5-15(11-16)19-20-13(2)25-22-19/h4-9,11H,10H2,1-3H3,(H,21,23). The lowest BCUT2D eigenvalue weighted by atomic mass is 10.1. The van der Waals surface area contributed by atoms with Crippen LogP contribution in [-0.2, 0) is 11.2 Å². The number of nitrogens with zero attached hydrogens (tertiary/aromatic N) is 2. The van der Waals surface area contributed by atoms with Crippen LogP contribution >= 0.6 is 0 Å². The molecule has 0 aliphatic carbocycles. The molecule has 0 unspecified atom stereocenters. The molecule has 0 fully saturated rings. The topological polar surface area (TPSA) is 77.2 Å². The second-order valence-electron chi connectivity index (χ2n) is 5.75. The van der Waals surface area contributed by atoms with Crippen LogP contribution in [0.25, 0.3) is 11.4 Å². The first-order valence-corrected chi connectivity index (χ1v) is 7.89. The van der Waals surface area contributed by atoms with Crippen molar-refractivity contribution in [3.63, 3.8) is 0 Å². The Balaban J connectivity index is 1.71. The number of hydrogen-bond donors (Lipinski definition) is 1. The molecule has 0 saturated carbocycles. The van der Waals surface area contributed by atoms with Gasteiger partial charge in [0, 0.05) is 18.2 Å². The molecule has 2 aromatic carbocycles. The number of carbonyl (C=O) groups excluding carboxylic acids is 1. The highest BCUT2D eigenvalue weighted by Crippen LogP contribution is 2.21. The maximum atomic E-state index is 12.3. The molecule has 0 aliphatic heterocycles. The lowest BCUT2D eigenvalue weighted by Crippen LogP contribution is -2.14. The van der Waals surface area contributed by atoms with Gasteiger partial charge in [-0.2, -0.15) is 4.98 Å². The van der Waals surface area contributed by atoms with Gasteiger partial charge in [-0.15, -0.1) is 0 Å². The first kappa shape index (κ1) is 16.7. The summed E-state index contributed by atoms with van der Waals surface area (Å²) in [6.45, 7) is 3.70. The van der Waals surface area contributed by atoms with Crippen LogP contribution in [0.2, 0.25) is 0 Å². The van der Waals surface area contributed by atoms with Gasteiger partial charge in [0.15, 0.2) is 0 Å². The Morgan fingerprint density at radius 1 is 1.20 bits per heavy atom. The summed E-state index contributed by atoms with van der Waals surface area (Å²) >= 11 is 0. The van der Waals surface area contributed by atoms with Crippen molar-refractivity contribution in [3.8, 4) is 17.1 Å². The number of amides is 1. The van der Waals surface area contributed by atoms with Gasteiger partial charge in [-0.1, -0.05) is 29.4 Å². The van der Waals surface area contributed by atoms with E-state index in [4.69, 9.17) is 9.26 Å². The van der Waals surface area contributed by atoms with Crippen molar-refractivity contribution in [1.29, 1.82) is 0 Å². The summed E-state index contributed by atoms with van der Waals surface area (Å²) in [5.41, 5.74) is 3.40. The normalized spacial score (nSPS) is 10.5. The lowest BCUT2D eigenvalue weighted by Gasteiger charge is -2.09. The number of aromatic nitrogens is 2.